The van der Waals surface area contributed by atoms with E-state index in [0.717, 1.165) is 24.2 Å². The standard InChI is InChI=1S/C15H16N4O2/c20-13-9-19(15(21)14(17-13)10-4-5-10)8-11-7-18-6-2-1-3-12(18)16-11/h1-3,6-7,10,14H,4-5,8-9H2,(H,17,20). The summed E-state index contributed by atoms with van der Waals surface area (Å²) in [6.07, 6.45) is 5.88. The molecule has 0 spiro atoms. The van der Waals surface area contributed by atoms with Crippen LogP contribution in [0.2, 0.25) is 0 Å². The molecule has 108 valence electrons. The summed E-state index contributed by atoms with van der Waals surface area (Å²) in [6.45, 7) is 0.507. The lowest BCUT2D eigenvalue weighted by atomic mass is 10.1. The fourth-order valence-electron chi connectivity index (χ4n) is 2.87. The molecule has 0 aromatic carbocycles. The molecule has 0 bridgehead atoms. The van der Waals surface area contributed by atoms with Gasteiger partial charge in [0.25, 0.3) is 0 Å². The second kappa shape index (κ2) is 4.58. The minimum Gasteiger partial charge on any atom is -0.342 e. The average molecular weight is 284 g/mol. The van der Waals surface area contributed by atoms with E-state index in [1.54, 1.807) is 4.90 Å². The van der Waals surface area contributed by atoms with Crippen molar-refractivity contribution in [2.75, 3.05) is 6.54 Å². The van der Waals surface area contributed by atoms with Gasteiger partial charge in [-0.05, 0) is 30.9 Å². The van der Waals surface area contributed by atoms with Crippen molar-refractivity contribution >= 4 is 17.5 Å². The quantitative estimate of drug-likeness (QED) is 0.896. The number of imidazole rings is 1. The number of carbonyl (C=O) groups excluding carboxylic acids is 2. The van der Waals surface area contributed by atoms with Crippen LogP contribution in [0.15, 0.2) is 30.6 Å². The first-order chi connectivity index (χ1) is 10.2. The van der Waals surface area contributed by atoms with Gasteiger partial charge < -0.3 is 14.6 Å². The Morgan fingerprint density at radius 2 is 2.14 bits per heavy atom. The second-order valence-corrected chi connectivity index (χ2v) is 5.78. The first-order valence-corrected chi connectivity index (χ1v) is 7.21. The van der Waals surface area contributed by atoms with Crippen molar-refractivity contribution in [2.24, 2.45) is 5.92 Å². The third-order valence-corrected chi connectivity index (χ3v) is 4.09. The molecule has 3 heterocycles. The largest absolute Gasteiger partial charge is 0.342 e. The van der Waals surface area contributed by atoms with Crippen molar-refractivity contribution < 1.29 is 9.59 Å². The van der Waals surface area contributed by atoms with Crippen molar-refractivity contribution in [3.05, 3.63) is 36.3 Å². The van der Waals surface area contributed by atoms with Gasteiger partial charge in [0.1, 0.15) is 18.2 Å². The van der Waals surface area contributed by atoms with Gasteiger partial charge in [-0.2, -0.15) is 0 Å². The lowest BCUT2D eigenvalue weighted by Crippen LogP contribution is -2.58. The highest BCUT2D eigenvalue weighted by Gasteiger charge is 2.42. The van der Waals surface area contributed by atoms with Gasteiger partial charge in [-0.15, -0.1) is 0 Å². The monoisotopic (exact) mass is 284 g/mol. The van der Waals surface area contributed by atoms with Gasteiger partial charge in [-0.1, -0.05) is 6.07 Å². The zero-order chi connectivity index (χ0) is 14.4. The molecule has 2 aromatic heterocycles. The molecule has 6 nitrogen and oxygen atoms in total. The maximum absolute atomic E-state index is 12.4. The van der Waals surface area contributed by atoms with Crippen LogP contribution in [0.4, 0.5) is 0 Å². The molecule has 1 aliphatic carbocycles. The molecule has 2 amide bonds. The van der Waals surface area contributed by atoms with Crippen molar-refractivity contribution in [1.29, 1.82) is 0 Å². The minimum atomic E-state index is -0.330. The van der Waals surface area contributed by atoms with E-state index >= 15 is 0 Å². The summed E-state index contributed by atoms with van der Waals surface area (Å²) in [4.78, 5) is 30.3. The number of hydrogen-bond donors (Lipinski definition) is 1. The molecular formula is C15H16N4O2. The Morgan fingerprint density at radius 3 is 2.90 bits per heavy atom. The van der Waals surface area contributed by atoms with Crippen LogP contribution in [0.1, 0.15) is 18.5 Å². The molecule has 2 aliphatic rings. The fraction of sp³-hybridized carbons (Fsp3) is 0.400. The topological polar surface area (TPSA) is 66.7 Å². The number of carbonyl (C=O) groups is 2. The zero-order valence-corrected chi connectivity index (χ0v) is 11.5. The molecule has 1 saturated carbocycles. The van der Waals surface area contributed by atoms with E-state index in [1.165, 1.54) is 0 Å². The summed E-state index contributed by atoms with van der Waals surface area (Å²) in [7, 11) is 0. The number of amides is 2. The highest BCUT2D eigenvalue weighted by molar-refractivity contribution is 5.95. The van der Waals surface area contributed by atoms with E-state index in [1.807, 2.05) is 35.0 Å². The predicted octanol–water partition coefficient (Wildman–Crippen LogP) is 0.571. The third kappa shape index (κ3) is 2.26. The molecular weight excluding hydrogens is 268 g/mol. The molecule has 1 aliphatic heterocycles. The van der Waals surface area contributed by atoms with Crippen molar-refractivity contribution in [2.45, 2.75) is 25.4 Å². The number of piperazine rings is 1. The Balaban J connectivity index is 1.57. The summed E-state index contributed by atoms with van der Waals surface area (Å²) in [5.74, 6) is 0.273. The Hall–Kier alpha value is -2.37. The van der Waals surface area contributed by atoms with Crippen molar-refractivity contribution in [1.82, 2.24) is 19.6 Å². The van der Waals surface area contributed by atoms with Gasteiger partial charge >= 0.3 is 0 Å². The number of pyridine rings is 1. The van der Waals surface area contributed by atoms with Crippen LogP contribution in [-0.2, 0) is 16.1 Å². The molecule has 2 aromatic rings. The summed E-state index contributed by atoms with van der Waals surface area (Å²) in [5.41, 5.74) is 1.65. The van der Waals surface area contributed by atoms with Gasteiger partial charge in [0.05, 0.1) is 12.2 Å². The summed E-state index contributed by atoms with van der Waals surface area (Å²) in [6, 6.07) is 5.44. The molecule has 1 atom stereocenters. The van der Waals surface area contributed by atoms with E-state index in [0.29, 0.717) is 12.5 Å². The fourth-order valence-corrected chi connectivity index (χ4v) is 2.87. The molecule has 0 radical (unpaired) electrons. The van der Waals surface area contributed by atoms with E-state index in [9.17, 15) is 9.59 Å². The van der Waals surface area contributed by atoms with Gasteiger partial charge in [0, 0.05) is 12.4 Å². The zero-order valence-electron chi connectivity index (χ0n) is 11.5. The molecule has 1 N–H and O–H groups in total. The number of nitrogens with zero attached hydrogens (tertiary/aromatic N) is 3. The maximum Gasteiger partial charge on any atom is 0.246 e. The lowest BCUT2D eigenvalue weighted by Gasteiger charge is -2.32. The SMILES string of the molecule is O=C1CN(Cc2cn3ccccc3n2)C(=O)C(C2CC2)N1. The number of fused-ring (bicyclic) bond motifs is 1. The van der Waals surface area contributed by atoms with Crippen molar-refractivity contribution in [3.8, 4) is 0 Å². The van der Waals surface area contributed by atoms with E-state index in [4.69, 9.17) is 0 Å². The molecule has 21 heavy (non-hydrogen) atoms. The summed E-state index contributed by atoms with van der Waals surface area (Å²) >= 11 is 0. The summed E-state index contributed by atoms with van der Waals surface area (Å²) in [5, 5.41) is 2.81. The highest BCUT2D eigenvalue weighted by Crippen LogP contribution is 2.34. The van der Waals surface area contributed by atoms with E-state index < -0.39 is 0 Å². The Kier molecular flexibility index (Phi) is 2.70. The van der Waals surface area contributed by atoms with Gasteiger partial charge in [-0.25, -0.2) is 4.98 Å². The average Bonchev–Trinajstić information content (AvgIpc) is 3.22. The molecule has 4 rings (SSSR count). The Labute approximate surface area is 121 Å². The molecule has 2 fully saturated rings. The number of hydrogen-bond acceptors (Lipinski definition) is 3. The van der Waals surface area contributed by atoms with Crippen LogP contribution in [-0.4, -0.2) is 38.7 Å². The van der Waals surface area contributed by atoms with E-state index in [2.05, 4.69) is 10.3 Å². The number of nitrogens with one attached hydrogen (secondary N) is 1. The predicted molar refractivity (Wildman–Crippen MR) is 75.3 cm³/mol. The molecule has 1 unspecified atom stereocenters. The first kappa shape index (κ1) is 12.4. The molecule has 1 saturated heterocycles. The number of aromatic nitrogens is 2. The number of rotatable bonds is 3. The second-order valence-electron chi connectivity index (χ2n) is 5.78. The Bertz CT molecular complexity index is 686. The van der Waals surface area contributed by atoms with Gasteiger partial charge in [0.2, 0.25) is 11.8 Å². The van der Waals surface area contributed by atoms with Crippen molar-refractivity contribution in [3.63, 3.8) is 0 Å². The smallest absolute Gasteiger partial charge is 0.246 e. The van der Waals surface area contributed by atoms with Gasteiger partial charge in [0.15, 0.2) is 0 Å². The van der Waals surface area contributed by atoms with E-state index in [-0.39, 0.29) is 24.4 Å². The van der Waals surface area contributed by atoms with Crippen LogP contribution in [0, 0.1) is 5.92 Å². The molecule has 6 heteroatoms. The lowest BCUT2D eigenvalue weighted by molar-refractivity contribution is -0.145. The minimum absolute atomic E-state index is 0.0224. The summed E-state index contributed by atoms with van der Waals surface area (Å²) < 4.78 is 1.92. The van der Waals surface area contributed by atoms with Crippen LogP contribution in [0.25, 0.3) is 5.65 Å². The van der Waals surface area contributed by atoms with Crippen LogP contribution >= 0.6 is 0 Å². The van der Waals surface area contributed by atoms with Crippen LogP contribution in [0.5, 0.6) is 0 Å². The van der Waals surface area contributed by atoms with Crippen LogP contribution < -0.4 is 5.32 Å². The van der Waals surface area contributed by atoms with Gasteiger partial charge in [-0.3, -0.25) is 9.59 Å². The normalized spacial score (nSPS) is 22.7. The van der Waals surface area contributed by atoms with Crippen LogP contribution in [0.3, 0.4) is 0 Å². The Morgan fingerprint density at radius 1 is 1.29 bits per heavy atom. The maximum atomic E-state index is 12.4. The highest BCUT2D eigenvalue weighted by atomic mass is 16.2. The first-order valence-electron chi connectivity index (χ1n) is 7.21. The third-order valence-electron chi connectivity index (χ3n) is 4.09.